The second kappa shape index (κ2) is 10.6. The number of benzene rings is 1. The Kier molecular flexibility index (Phi) is 7.40. The molecule has 1 N–H and O–H groups in total. The highest BCUT2D eigenvalue weighted by atomic mass is 16.3. The maximum absolute atomic E-state index is 13.7. The standard InChI is InChI=1S/C27H32N4O3/c1-3-4-12-23-29-25(32)24(27(34)31(23)19(2)22-11-8-14-28-17-22)26(33)30-15-13-21(18-30)16-20-9-6-5-7-10-20/h5-11,14,17,19,21,32H,3-4,12-13,15-16,18H2,1-2H3/t19?,21-/m0/s1. The SMILES string of the molecule is CCCCc1nc(O)c(C(=O)N2CC[C@@H](Cc3ccccc3)C2)c(=O)n1C(C)c1cccnc1. The van der Waals surface area contributed by atoms with E-state index in [9.17, 15) is 14.7 Å². The van der Waals surface area contributed by atoms with Crippen LogP contribution in [0.5, 0.6) is 5.88 Å². The van der Waals surface area contributed by atoms with Crippen molar-refractivity contribution in [2.24, 2.45) is 5.92 Å². The third-order valence-electron chi connectivity index (χ3n) is 6.63. The van der Waals surface area contributed by atoms with Gasteiger partial charge in [0.15, 0.2) is 5.56 Å². The third kappa shape index (κ3) is 5.03. The average molecular weight is 461 g/mol. The molecule has 0 radical (unpaired) electrons. The van der Waals surface area contributed by atoms with Crippen molar-refractivity contribution in [3.8, 4) is 5.88 Å². The van der Waals surface area contributed by atoms with E-state index in [1.54, 1.807) is 21.9 Å². The normalized spacial score (nSPS) is 16.5. The summed E-state index contributed by atoms with van der Waals surface area (Å²) >= 11 is 0. The molecule has 1 amide bonds. The van der Waals surface area contributed by atoms with Gasteiger partial charge in [0.1, 0.15) is 5.82 Å². The summed E-state index contributed by atoms with van der Waals surface area (Å²) in [5, 5.41) is 10.7. The van der Waals surface area contributed by atoms with Crippen LogP contribution in [0.2, 0.25) is 0 Å². The summed E-state index contributed by atoms with van der Waals surface area (Å²) in [6.07, 6.45) is 7.43. The fraction of sp³-hybridized carbons (Fsp3) is 0.407. The van der Waals surface area contributed by atoms with E-state index in [0.717, 1.165) is 31.2 Å². The Bertz CT molecular complexity index is 1180. The maximum atomic E-state index is 13.7. The molecule has 1 aliphatic heterocycles. The van der Waals surface area contributed by atoms with Crippen molar-refractivity contribution < 1.29 is 9.90 Å². The van der Waals surface area contributed by atoms with Crippen LogP contribution >= 0.6 is 0 Å². The molecule has 1 aliphatic rings. The second-order valence-corrected chi connectivity index (χ2v) is 9.06. The van der Waals surface area contributed by atoms with Crippen LogP contribution in [0.1, 0.15) is 66.5 Å². The van der Waals surface area contributed by atoms with E-state index >= 15 is 0 Å². The molecule has 1 aromatic carbocycles. The van der Waals surface area contributed by atoms with Gasteiger partial charge >= 0.3 is 0 Å². The van der Waals surface area contributed by atoms with Gasteiger partial charge in [-0.1, -0.05) is 49.7 Å². The lowest BCUT2D eigenvalue weighted by Crippen LogP contribution is -2.38. The van der Waals surface area contributed by atoms with Crippen molar-refractivity contribution in [3.05, 3.63) is 87.7 Å². The van der Waals surface area contributed by atoms with Gasteiger partial charge in [-0.2, -0.15) is 4.98 Å². The lowest BCUT2D eigenvalue weighted by Gasteiger charge is -2.22. The number of carbonyl (C=O) groups is 1. The lowest BCUT2D eigenvalue weighted by molar-refractivity contribution is 0.0780. The Labute approximate surface area is 200 Å². The zero-order chi connectivity index (χ0) is 24.1. The number of amides is 1. The molecule has 1 fully saturated rings. The van der Waals surface area contributed by atoms with Crippen LogP contribution < -0.4 is 5.56 Å². The third-order valence-corrected chi connectivity index (χ3v) is 6.63. The van der Waals surface area contributed by atoms with Gasteiger partial charge < -0.3 is 10.0 Å². The van der Waals surface area contributed by atoms with Crippen LogP contribution in [-0.4, -0.2) is 43.5 Å². The van der Waals surface area contributed by atoms with Crippen molar-refractivity contribution in [1.29, 1.82) is 0 Å². The van der Waals surface area contributed by atoms with Gasteiger partial charge in [-0.05, 0) is 49.3 Å². The first-order valence-corrected chi connectivity index (χ1v) is 12.1. The van der Waals surface area contributed by atoms with Gasteiger partial charge in [0.25, 0.3) is 11.5 Å². The Balaban J connectivity index is 1.64. The number of pyridine rings is 1. The second-order valence-electron chi connectivity index (χ2n) is 9.06. The number of unbranched alkanes of at least 4 members (excludes halogenated alkanes) is 1. The van der Waals surface area contributed by atoms with Crippen LogP contribution in [0, 0.1) is 5.92 Å². The molecule has 0 bridgehead atoms. The summed E-state index contributed by atoms with van der Waals surface area (Å²) in [6, 6.07) is 13.6. The number of hydrogen-bond donors (Lipinski definition) is 1. The van der Waals surface area contributed by atoms with E-state index in [1.807, 2.05) is 37.3 Å². The zero-order valence-corrected chi connectivity index (χ0v) is 19.9. The van der Waals surface area contributed by atoms with Gasteiger partial charge in [-0.15, -0.1) is 0 Å². The molecule has 0 aliphatic carbocycles. The molecule has 2 atom stereocenters. The van der Waals surface area contributed by atoms with E-state index in [4.69, 9.17) is 0 Å². The largest absolute Gasteiger partial charge is 0.493 e. The number of hydrogen-bond acceptors (Lipinski definition) is 5. The predicted molar refractivity (Wildman–Crippen MR) is 131 cm³/mol. The molecule has 34 heavy (non-hydrogen) atoms. The van der Waals surface area contributed by atoms with Gasteiger partial charge in [0.2, 0.25) is 5.88 Å². The number of nitrogens with zero attached hydrogens (tertiary/aromatic N) is 4. The molecular weight excluding hydrogens is 428 g/mol. The molecule has 3 aromatic rings. The van der Waals surface area contributed by atoms with Crippen LogP contribution in [0.25, 0.3) is 0 Å². The summed E-state index contributed by atoms with van der Waals surface area (Å²) in [7, 11) is 0. The highest BCUT2D eigenvalue weighted by Gasteiger charge is 2.32. The van der Waals surface area contributed by atoms with Crippen LogP contribution in [0.4, 0.5) is 0 Å². The van der Waals surface area contributed by atoms with Crippen LogP contribution in [-0.2, 0) is 12.8 Å². The minimum absolute atomic E-state index is 0.239. The number of aryl methyl sites for hydroxylation is 1. The van der Waals surface area contributed by atoms with Gasteiger partial charge in [0, 0.05) is 31.9 Å². The van der Waals surface area contributed by atoms with Gasteiger partial charge in [0.05, 0.1) is 6.04 Å². The number of aromatic hydroxyl groups is 1. The number of carbonyl (C=O) groups excluding carboxylic acids is 1. The maximum Gasteiger partial charge on any atom is 0.270 e. The predicted octanol–water partition coefficient (Wildman–Crippen LogP) is 4.00. The summed E-state index contributed by atoms with van der Waals surface area (Å²) in [6.45, 7) is 5.07. The number of aromatic nitrogens is 3. The van der Waals surface area contributed by atoms with Gasteiger partial charge in [-0.25, -0.2) is 0 Å². The number of likely N-dealkylation sites (tertiary alicyclic amines) is 1. The smallest absolute Gasteiger partial charge is 0.270 e. The minimum Gasteiger partial charge on any atom is -0.493 e. The monoisotopic (exact) mass is 460 g/mol. The first kappa shape index (κ1) is 23.7. The van der Waals surface area contributed by atoms with E-state index < -0.39 is 17.3 Å². The first-order chi connectivity index (χ1) is 16.5. The zero-order valence-electron chi connectivity index (χ0n) is 19.9. The van der Waals surface area contributed by atoms with Gasteiger partial charge in [-0.3, -0.25) is 19.1 Å². The van der Waals surface area contributed by atoms with Crippen molar-refractivity contribution >= 4 is 5.91 Å². The first-order valence-electron chi connectivity index (χ1n) is 12.1. The van der Waals surface area contributed by atoms with E-state index in [0.29, 0.717) is 31.3 Å². The highest BCUT2D eigenvalue weighted by Crippen LogP contribution is 2.25. The molecule has 0 spiro atoms. The molecular formula is C27H32N4O3. The van der Waals surface area contributed by atoms with Crippen molar-refractivity contribution in [1.82, 2.24) is 19.4 Å². The Morgan fingerprint density at radius 2 is 2.00 bits per heavy atom. The summed E-state index contributed by atoms with van der Waals surface area (Å²) in [5.74, 6) is -0.107. The molecule has 1 saturated heterocycles. The Morgan fingerprint density at radius 1 is 1.21 bits per heavy atom. The molecule has 4 rings (SSSR count). The van der Waals surface area contributed by atoms with Crippen LogP contribution in [0.3, 0.4) is 0 Å². The van der Waals surface area contributed by atoms with Crippen LogP contribution in [0.15, 0.2) is 59.7 Å². The average Bonchev–Trinajstić information content (AvgIpc) is 3.32. The minimum atomic E-state index is -0.494. The molecule has 7 heteroatoms. The quantitative estimate of drug-likeness (QED) is 0.549. The lowest BCUT2D eigenvalue weighted by atomic mass is 9.99. The molecule has 0 saturated carbocycles. The summed E-state index contributed by atoms with van der Waals surface area (Å²) < 4.78 is 1.55. The molecule has 178 valence electrons. The fourth-order valence-corrected chi connectivity index (χ4v) is 4.72. The highest BCUT2D eigenvalue weighted by molar-refractivity contribution is 5.96. The van der Waals surface area contributed by atoms with Crippen molar-refractivity contribution in [2.75, 3.05) is 13.1 Å². The molecule has 2 aromatic heterocycles. The Morgan fingerprint density at radius 3 is 2.71 bits per heavy atom. The molecule has 7 nitrogen and oxygen atoms in total. The Hall–Kier alpha value is -3.48. The van der Waals surface area contributed by atoms with E-state index in [1.165, 1.54) is 5.56 Å². The number of rotatable bonds is 8. The van der Waals surface area contributed by atoms with Crippen molar-refractivity contribution in [2.45, 2.75) is 52.0 Å². The summed E-state index contributed by atoms with van der Waals surface area (Å²) in [4.78, 5) is 37.3. The fourth-order valence-electron chi connectivity index (χ4n) is 4.72. The molecule has 3 heterocycles. The van der Waals surface area contributed by atoms with E-state index in [-0.39, 0.29) is 11.6 Å². The van der Waals surface area contributed by atoms with E-state index in [2.05, 4.69) is 29.0 Å². The van der Waals surface area contributed by atoms with Crippen molar-refractivity contribution in [3.63, 3.8) is 0 Å². The topological polar surface area (TPSA) is 88.3 Å². The summed E-state index contributed by atoms with van der Waals surface area (Å²) in [5.41, 5.74) is 1.35. The molecule has 1 unspecified atom stereocenters.